The Labute approximate surface area is 189 Å². The maximum atomic E-state index is 14.0. The number of sulfonamides is 1. The molecule has 3 rings (SSSR count). The summed E-state index contributed by atoms with van der Waals surface area (Å²) in [4.78, 5) is 12.7. The van der Waals surface area contributed by atoms with Crippen molar-refractivity contribution in [3.8, 4) is 5.75 Å². The third-order valence-corrected chi connectivity index (χ3v) is 6.93. The Morgan fingerprint density at radius 3 is 2.21 bits per heavy atom. The van der Waals surface area contributed by atoms with Gasteiger partial charge in [0.1, 0.15) is 5.75 Å². The first-order chi connectivity index (χ1) is 15.6. The molecule has 6 nitrogen and oxygen atoms in total. The molecule has 3 aromatic rings. The van der Waals surface area contributed by atoms with Crippen LogP contribution < -0.4 is 10.1 Å². The van der Waals surface area contributed by atoms with Crippen LogP contribution in [0.25, 0.3) is 0 Å². The molecule has 0 aliphatic rings. The van der Waals surface area contributed by atoms with Gasteiger partial charge in [0.05, 0.1) is 23.7 Å². The maximum Gasteiger partial charge on any atom is 0.243 e. The summed E-state index contributed by atoms with van der Waals surface area (Å²) in [6.45, 7) is 0. The third kappa shape index (κ3) is 5.35. The van der Waals surface area contributed by atoms with Gasteiger partial charge in [0.25, 0.3) is 0 Å². The Hall–Kier alpha value is -3.37. The monoisotopic (exact) mass is 478 g/mol. The molecule has 1 atom stereocenters. The van der Waals surface area contributed by atoms with Crippen molar-refractivity contribution >= 4 is 21.6 Å². The summed E-state index contributed by atoms with van der Waals surface area (Å²) in [6.07, 6.45) is -0.423. The average Bonchev–Trinajstić information content (AvgIpc) is 2.83. The lowest BCUT2D eigenvalue weighted by Crippen LogP contribution is -2.34. The van der Waals surface area contributed by atoms with Crippen LogP contribution in [0, 0.1) is 17.5 Å². The van der Waals surface area contributed by atoms with Crippen molar-refractivity contribution in [3.05, 3.63) is 89.7 Å². The minimum Gasteiger partial charge on any atom is -0.497 e. The standard InChI is InChI=1S/C23H21F3N2O4S/c1-28(33(30,31)17-6-4-3-5-7-17)20(15-8-10-16(32-2)11-9-15)14-21(29)27-19-13-12-18(24)22(25)23(19)26/h3-13,20H,14H2,1-2H3,(H,27,29)/t20-/m1/s1. The highest BCUT2D eigenvalue weighted by Crippen LogP contribution is 2.31. The molecule has 0 radical (unpaired) electrons. The molecule has 0 fully saturated rings. The number of nitrogens with zero attached hydrogens (tertiary/aromatic N) is 1. The van der Waals surface area contributed by atoms with Crippen molar-refractivity contribution in [2.75, 3.05) is 19.5 Å². The predicted octanol–water partition coefficient (Wildman–Crippen LogP) is 4.50. The molecule has 0 aromatic heterocycles. The van der Waals surface area contributed by atoms with Crippen LogP contribution in [0.5, 0.6) is 5.75 Å². The van der Waals surface area contributed by atoms with E-state index in [4.69, 9.17) is 4.74 Å². The lowest BCUT2D eigenvalue weighted by molar-refractivity contribution is -0.117. The van der Waals surface area contributed by atoms with E-state index in [0.29, 0.717) is 17.4 Å². The number of amides is 1. The Morgan fingerprint density at radius 1 is 0.970 bits per heavy atom. The summed E-state index contributed by atoms with van der Waals surface area (Å²) >= 11 is 0. The van der Waals surface area contributed by atoms with Gasteiger partial charge in [-0.15, -0.1) is 0 Å². The lowest BCUT2D eigenvalue weighted by Gasteiger charge is -2.28. The number of carbonyl (C=O) groups excluding carboxylic acids is 1. The van der Waals surface area contributed by atoms with Crippen molar-refractivity contribution in [1.82, 2.24) is 4.31 Å². The second-order valence-electron chi connectivity index (χ2n) is 7.10. The molecule has 0 aliphatic carbocycles. The largest absolute Gasteiger partial charge is 0.497 e. The van der Waals surface area contributed by atoms with Gasteiger partial charge in [-0.3, -0.25) is 4.79 Å². The van der Waals surface area contributed by atoms with E-state index in [-0.39, 0.29) is 4.90 Å². The molecule has 3 aromatic carbocycles. The van der Waals surface area contributed by atoms with E-state index < -0.39 is 51.5 Å². The highest BCUT2D eigenvalue weighted by atomic mass is 32.2. The SMILES string of the molecule is COc1ccc([C@@H](CC(=O)Nc2ccc(F)c(F)c2F)N(C)S(=O)(=O)c2ccccc2)cc1. The molecule has 1 N–H and O–H groups in total. The minimum atomic E-state index is -4.00. The number of hydrogen-bond acceptors (Lipinski definition) is 4. The lowest BCUT2D eigenvalue weighted by atomic mass is 10.0. The van der Waals surface area contributed by atoms with Gasteiger partial charge in [0, 0.05) is 13.5 Å². The van der Waals surface area contributed by atoms with Gasteiger partial charge < -0.3 is 10.1 Å². The van der Waals surface area contributed by atoms with E-state index in [2.05, 4.69) is 5.32 Å². The zero-order valence-corrected chi connectivity index (χ0v) is 18.6. The first-order valence-corrected chi connectivity index (χ1v) is 11.2. The van der Waals surface area contributed by atoms with Gasteiger partial charge in [-0.2, -0.15) is 4.31 Å². The van der Waals surface area contributed by atoms with Crippen molar-refractivity contribution in [1.29, 1.82) is 0 Å². The fourth-order valence-corrected chi connectivity index (χ4v) is 4.57. The quantitative estimate of drug-likeness (QED) is 0.484. The van der Waals surface area contributed by atoms with E-state index in [0.717, 1.165) is 10.4 Å². The summed E-state index contributed by atoms with van der Waals surface area (Å²) in [7, 11) is -1.21. The molecule has 0 unspecified atom stereocenters. The van der Waals surface area contributed by atoms with Crippen molar-refractivity contribution < 1.29 is 31.1 Å². The molecular formula is C23H21F3N2O4S. The van der Waals surface area contributed by atoms with Crippen molar-refractivity contribution in [3.63, 3.8) is 0 Å². The second-order valence-corrected chi connectivity index (χ2v) is 9.10. The van der Waals surface area contributed by atoms with E-state index >= 15 is 0 Å². The first kappa shape index (κ1) is 24.3. The zero-order chi connectivity index (χ0) is 24.2. The van der Waals surface area contributed by atoms with Gasteiger partial charge in [-0.25, -0.2) is 21.6 Å². The molecule has 0 bridgehead atoms. The van der Waals surface area contributed by atoms with E-state index in [1.54, 1.807) is 42.5 Å². The first-order valence-electron chi connectivity index (χ1n) is 9.75. The van der Waals surface area contributed by atoms with E-state index in [1.165, 1.54) is 26.3 Å². The fraction of sp³-hybridized carbons (Fsp3) is 0.174. The molecule has 10 heteroatoms. The maximum absolute atomic E-state index is 14.0. The van der Waals surface area contributed by atoms with Crippen LogP contribution in [-0.4, -0.2) is 32.8 Å². The number of nitrogens with one attached hydrogen (secondary N) is 1. The molecule has 33 heavy (non-hydrogen) atoms. The molecular weight excluding hydrogens is 457 g/mol. The molecule has 0 heterocycles. The Morgan fingerprint density at radius 2 is 1.61 bits per heavy atom. The van der Waals surface area contributed by atoms with Gasteiger partial charge in [0.15, 0.2) is 17.5 Å². The number of methoxy groups -OCH3 is 1. The number of rotatable bonds is 8. The number of hydrogen-bond donors (Lipinski definition) is 1. The van der Waals surface area contributed by atoms with E-state index in [1.807, 2.05) is 0 Å². The van der Waals surface area contributed by atoms with Crippen molar-refractivity contribution in [2.45, 2.75) is 17.4 Å². The molecule has 0 spiro atoms. The normalized spacial score (nSPS) is 12.4. The summed E-state index contributed by atoms with van der Waals surface area (Å²) < 4.78 is 73.2. The smallest absolute Gasteiger partial charge is 0.243 e. The van der Waals surface area contributed by atoms with Crippen LogP contribution in [0.4, 0.5) is 18.9 Å². The second kappa shape index (κ2) is 10.1. The Balaban J connectivity index is 1.93. The highest BCUT2D eigenvalue weighted by molar-refractivity contribution is 7.89. The van der Waals surface area contributed by atoms with Crippen molar-refractivity contribution in [2.24, 2.45) is 0 Å². The number of anilines is 1. The highest BCUT2D eigenvalue weighted by Gasteiger charge is 2.31. The van der Waals surface area contributed by atoms with Crippen LogP contribution in [-0.2, 0) is 14.8 Å². The van der Waals surface area contributed by atoms with Gasteiger partial charge in [-0.05, 0) is 42.0 Å². The van der Waals surface area contributed by atoms with Crippen LogP contribution in [0.3, 0.4) is 0 Å². The van der Waals surface area contributed by atoms with Gasteiger partial charge >= 0.3 is 0 Å². The van der Waals surface area contributed by atoms with E-state index in [9.17, 15) is 26.4 Å². The Bertz CT molecular complexity index is 1240. The topological polar surface area (TPSA) is 75.7 Å². The van der Waals surface area contributed by atoms with Crippen LogP contribution in [0.2, 0.25) is 0 Å². The summed E-state index contributed by atoms with van der Waals surface area (Å²) in [5.41, 5.74) is -0.0836. The van der Waals surface area contributed by atoms with Gasteiger partial charge in [-0.1, -0.05) is 30.3 Å². The number of halogens is 3. The fourth-order valence-electron chi connectivity index (χ4n) is 3.21. The molecule has 1 amide bonds. The molecule has 0 saturated heterocycles. The number of carbonyl (C=O) groups is 1. The molecule has 0 aliphatic heterocycles. The average molecular weight is 478 g/mol. The van der Waals surface area contributed by atoms with Crippen LogP contribution in [0.1, 0.15) is 18.0 Å². The zero-order valence-electron chi connectivity index (χ0n) is 17.8. The summed E-state index contributed by atoms with van der Waals surface area (Å²) in [6, 6.07) is 14.7. The summed E-state index contributed by atoms with van der Waals surface area (Å²) in [5, 5.41) is 2.18. The third-order valence-electron chi connectivity index (χ3n) is 5.05. The Kier molecular flexibility index (Phi) is 7.39. The van der Waals surface area contributed by atoms with Gasteiger partial charge in [0.2, 0.25) is 15.9 Å². The minimum absolute atomic E-state index is 0.0260. The summed E-state index contributed by atoms with van der Waals surface area (Å²) in [5.74, 6) is -4.93. The predicted molar refractivity (Wildman–Crippen MR) is 117 cm³/mol. The van der Waals surface area contributed by atoms with Crippen LogP contribution >= 0.6 is 0 Å². The molecule has 174 valence electrons. The number of benzene rings is 3. The molecule has 0 saturated carbocycles. The van der Waals surface area contributed by atoms with Crippen LogP contribution in [0.15, 0.2) is 71.6 Å². The number of ether oxygens (including phenoxy) is 1.